The Kier molecular flexibility index (Phi) is 6.59. The van der Waals surface area contributed by atoms with Crippen LogP contribution in [0.2, 0.25) is 0 Å². The van der Waals surface area contributed by atoms with Crippen molar-refractivity contribution in [3.05, 3.63) is 42.2 Å². The molecule has 1 amide bonds. The maximum Gasteiger partial charge on any atom is 0.258 e. The summed E-state index contributed by atoms with van der Waals surface area (Å²) >= 11 is 0. The van der Waals surface area contributed by atoms with Gasteiger partial charge < -0.3 is 20.4 Å². The molecule has 0 aliphatic carbocycles. The summed E-state index contributed by atoms with van der Waals surface area (Å²) in [5.74, 6) is 0.336. The smallest absolute Gasteiger partial charge is 0.258 e. The van der Waals surface area contributed by atoms with Crippen LogP contribution in [0.1, 0.15) is 29.6 Å². The lowest BCUT2D eigenvalue weighted by Gasteiger charge is -2.17. The summed E-state index contributed by atoms with van der Waals surface area (Å²) in [6.07, 6.45) is 6.61. The van der Waals surface area contributed by atoms with Gasteiger partial charge in [0.25, 0.3) is 5.91 Å². The summed E-state index contributed by atoms with van der Waals surface area (Å²) < 4.78 is 0. The maximum atomic E-state index is 12.4. The Labute approximate surface area is 160 Å². The van der Waals surface area contributed by atoms with Crippen molar-refractivity contribution in [1.29, 1.82) is 0 Å². The number of carbonyl (C=O) groups excluding carboxylic acids is 1. The molecule has 1 saturated heterocycles. The molecule has 7 heteroatoms. The van der Waals surface area contributed by atoms with Crippen LogP contribution < -0.4 is 15.5 Å². The van der Waals surface area contributed by atoms with Crippen LogP contribution in [-0.4, -0.2) is 61.0 Å². The second-order valence-electron chi connectivity index (χ2n) is 7.07. The molecule has 0 spiro atoms. The molecule has 0 saturated carbocycles. The minimum absolute atomic E-state index is 0.205. The summed E-state index contributed by atoms with van der Waals surface area (Å²) in [6, 6.07) is 7.98. The number of benzene rings is 1. The third-order valence-corrected chi connectivity index (χ3v) is 4.58. The number of aromatic nitrogens is 2. The number of anilines is 3. The third kappa shape index (κ3) is 5.65. The molecular weight excluding hydrogens is 340 g/mol. The largest absolute Gasteiger partial charge is 0.372 e. The summed E-state index contributed by atoms with van der Waals surface area (Å²) in [5.41, 5.74) is 2.42. The number of nitrogens with one attached hydrogen (secondary N) is 2. The van der Waals surface area contributed by atoms with Crippen LogP contribution in [0.25, 0.3) is 0 Å². The van der Waals surface area contributed by atoms with E-state index in [2.05, 4.69) is 42.5 Å². The molecule has 0 unspecified atom stereocenters. The Balaban J connectivity index is 1.50. The van der Waals surface area contributed by atoms with Gasteiger partial charge in [0.2, 0.25) is 5.95 Å². The van der Waals surface area contributed by atoms with Gasteiger partial charge in [-0.05, 0) is 64.2 Å². The van der Waals surface area contributed by atoms with Gasteiger partial charge in [-0.25, -0.2) is 9.97 Å². The first-order valence-electron chi connectivity index (χ1n) is 9.49. The summed E-state index contributed by atoms with van der Waals surface area (Å²) in [5, 5.41) is 6.06. The molecule has 0 bridgehead atoms. The number of amides is 1. The maximum absolute atomic E-state index is 12.4. The monoisotopic (exact) mass is 368 g/mol. The number of carbonyl (C=O) groups is 1. The van der Waals surface area contributed by atoms with Crippen molar-refractivity contribution >= 4 is 23.2 Å². The Morgan fingerprint density at radius 2 is 1.78 bits per heavy atom. The zero-order valence-electron chi connectivity index (χ0n) is 16.1. The van der Waals surface area contributed by atoms with Crippen molar-refractivity contribution in [2.45, 2.75) is 19.3 Å². The fourth-order valence-corrected chi connectivity index (χ4v) is 3.07. The van der Waals surface area contributed by atoms with Crippen LogP contribution in [0.5, 0.6) is 0 Å². The van der Waals surface area contributed by atoms with Crippen LogP contribution >= 0.6 is 0 Å². The fourth-order valence-electron chi connectivity index (χ4n) is 3.07. The standard InChI is InChI=1S/C20H28N6O/c1-25(2)11-5-10-21-20-22-14-16(15-23-20)19(27)24-17-6-8-18(9-7-17)26-12-3-4-13-26/h6-9,14-15H,3-5,10-13H2,1-2H3,(H,24,27)(H,21,22,23). The fraction of sp³-hybridized carbons (Fsp3) is 0.450. The van der Waals surface area contributed by atoms with E-state index in [0.29, 0.717) is 11.5 Å². The average molecular weight is 368 g/mol. The number of rotatable bonds is 8. The topological polar surface area (TPSA) is 73.4 Å². The summed E-state index contributed by atoms with van der Waals surface area (Å²) in [4.78, 5) is 25.3. The molecule has 1 aliphatic heterocycles. The van der Waals surface area contributed by atoms with Gasteiger partial charge in [-0.1, -0.05) is 0 Å². The average Bonchev–Trinajstić information content (AvgIpc) is 3.21. The molecule has 2 N–H and O–H groups in total. The molecule has 2 aromatic rings. The van der Waals surface area contributed by atoms with Crippen molar-refractivity contribution in [2.24, 2.45) is 0 Å². The van der Waals surface area contributed by atoms with Crippen LogP contribution in [0.15, 0.2) is 36.7 Å². The molecule has 2 heterocycles. The van der Waals surface area contributed by atoms with E-state index in [-0.39, 0.29) is 5.91 Å². The lowest BCUT2D eigenvalue weighted by atomic mass is 10.2. The Morgan fingerprint density at radius 1 is 1.11 bits per heavy atom. The van der Waals surface area contributed by atoms with Gasteiger partial charge in [-0.3, -0.25) is 4.79 Å². The molecule has 0 radical (unpaired) electrons. The van der Waals surface area contributed by atoms with Crippen molar-refractivity contribution in [3.63, 3.8) is 0 Å². The van der Waals surface area contributed by atoms with Crippen molar-refractivity contribution in [2.75, 3.05) is 55.8 Å². The van der Waals surface area contributed by atoms with Gasteiger partial charge in [0.1, 0.15) is 0 Å². The highest BCUT2D eigenvalue weighted by Gasteiger charge is 2.12. The van der Waals surface area contributed by atoms with E-state index >= 15 is 0 Å². The molecule has 1 aliphatic rings. The molecule has 3 rings (SSSR count). The summed E-state index contributed by atoms with van der Waals surface area (Å²) in [6.45, 7) is 4.02. The number of hydrogen-bond acceptors (Lipinski definition) is 6. The van der Waals surface area contributed by atoms with E-state index < -0.39 is 0 Å². The zero-order valence-corrected chi connectivity index (χ0v) is 16.1. The van der Waals surface area contributed by atoms with E-state index in [1.807, 2.05) is 26.2 Å². The van der Waals surface area contributed by atoms with Crippen molar-refractivity contribution in [3.8, 4) is 0 Å². The lowest BCUT2D eigenvalue weighted by molar-refractivity contribution is 0.102. The second kappa shape index (κ2) is 9.32. The number of nitrogens with zero attached hydrogens (tertiary/aromatic N) is 4. The quantitative estimate of drug-likeness (QED) is 0.698. The van der Waals surface area contributed by atoms with Gasteiger partial charge in [0, 0.05) is 43.4 Å². The molecule has 7 nitrogen and oxygen atoms in total. The van der Waals surface area contributed by atoms with Gasteiger partial charge in [-0.15, -0.1) is 0 Å². The van der Waals surface area contributed by atoms with Crippen LogP contribution in [0, 0.1) is 0 Å². The van der Waals surface area contributed by atoms with E-state index in [0.717, 1.165) is 38.3 Å². The Morgan fingerprint density at radius 3 is 2.41 bits per heavy atom. The molecule has 1 aromatic carbocycles. The van der Waals surface area contributed by atoms with E-state index in [1.54, 1.807) is 12.4 Å². The predicted octanol–water partition coefficient (Wildman–Crippen LogP) is 2.69. The zero-order chi connectivity index (χ0) is 19.1. The van der Waals surface area contributed by atoms with E-state index in [9.17, 15) is 4.79 Å². The van der Waals surface area contributed by atoms with Gasteiger partial charge in [-0.2, -0.15) is 0 Å². The minimum Gasteiger partial charge on any atom is -0.372 e. The highest BCUT2D eigenvalue weighted by Crippen LogP contribution is 2.22. The van der Waals surface area contributed by atoms with Gasteiger partial charge >= 0.3 is 0 Å². The molecule has 0 atom stereocenters. The van der Waals surface area contributed by atoms with Gasteiger partial charge in [0.15, 0.2) is 0 Å². The Hall–Kier alpha value is -2.67. The Bertz CT molecular complexity index is 723. The van der Waals surface area contributed by atoms with E-state index in [4.69, 9.17) is 0 Å². The van der Waals surface area contributed by atoms with Crippen LogP contribution in [0.4, 0.5) is 17.3 Å². The third-order valence-electron chi connectivity index (χ3n) is 4.58. The predicted molar refractivity (Wildman–Crippen MR) is 110 cm³/mol. The minimum atomic E-state index is -0.205. The first-order chi connectivity index (χ1) is 13.1. The first-order valence-corrected chi connectivity index (χ1v) is 9.49. The normalized spacial score (nSPS) is 13.8. The lowest BCUT2D eigenvalue weighted by Crippen LogP contribution is -2.18. The van der Waals surface area contributed by atoms with Crippen molar-refractivity contribution < 1.29 is 4.79 Å². The molecule has 1 aromatic heterocycles. The van der Waals surface area contributed by atoms with Gasteiger partial charge in [0.05, 0.1) is 5.56 Å². The van der Waals surface area contributed by atoms with Crippen molar-refractivity contribution in [1.82, 2.24) is 14.9 Å². The molecule has 27 heavy (non-hydrogen) atoms. The highest BCUT2D eigenvalue weighted by molar-refractivity contribution is 6.03. The van der Waals surface area contributed by atoms with E-state index in [1.165, 1.54) is 18.5 Å². The first kappa shape index (κ1) is 19.1. The van der Waals surface area contributed by atoms with Crippen LogP contribution in [-0.2, 0) is 0 Å². The summed E-state index contributed by atoms with van der Waals surface area (Å²) in [7, 11) is 4.09. The molecule has 1 fully saturated rings. The SMILES string of the molecule is CN(C)CCCNc1ncc(C(=O)Nc2ccc(N3CCCC3)cc2)cn1. The molecule has 144 valence electrons. The molecular formula is C20H28N6O. The number of hydrogen-bond donors (Lipinski definition) is 2. The second-order valence-corrected chi connectivity index (χ2v) is 7.07. The highest BCUT2D eigenvalue weighted by atomic mass is 16.1. The van der Waals surface area contributed by atoms with Crippen LogP contribution in [0.3, 0.4) is 0 Å².